The average Bonchev–Trinajstić information content (AvgIpc) is 2.38. The van der Waals surface area contributed by atoms with Gasteiger partial charge in [0, 0.05) is 6.54 Å². The molecule has 0 rings (SSSR count). The SMILES string of the molecule is C.CCCCCC/C=C/C(C)OC(=O)NCCCS(=O)(=O)O. The predicted molar refractivity (Wildman–Crippen MR) is 89.6 cm³/mol. The molecule has 0 heterocycles. The number of nitrogens with one attached hydrogen (secondary N) is 1. The molecule has 1 amide bonds. The molecule has 0 aromatic heterocycles. The van der Waals surface area contributed by atoms with Crippen LogP contribution in [0, 0.1) is 0 Å². The zero-order chi connectivity index (χ0) is 16.1. The van der Waals surface area contributed by atoms with E-state index in [0.29, 0.717) is 0 Å². The normalized spacial score (nSPS) is 12.7. The first-order chi connectivity index (χ1) is 9.85. The summed E-state index contributed by atoms with van der Waals surface area (Å²) in [5.41, 5.74) is 0. The average molecular weight is 337 g/mol. The summed E-state index contributed by atoms with van der Waals surface area (Å²) in [7, 11) is -3.97. The molecule has 0 bridgehead atoms. The Kier molecular flexibility index (Phi) is 14.3. The van der Waals surface area contributed by atoms with E-state index in [-0.39, 0.29) is 32.2 Å². The quantitative estimate of drug-likeness (QED) is 0.342. The third-order valence-corrected chi connectivity index (χ3v) is 3.58. The summed E-state index contributed by atoms with van der Waals surface area (Å²) < 4.78 is 34.5. The highest BCUT2D eigenvalue weighted by Crippen LogP contribution is 2.04. The molecule has 7 heteroatoms. The second kappa shape index (κ2) is 13.6. The number of unbranched alkanes of at least 4 members (excludes halogenated alkanes) is 4. The van der Waals surface area contributed by atoms with Crippen LogP contribution in [0.15, 0.2) is 12.2 Å². The van der Waals surface area contributed by atoms with Crippen LogP contribution in [-0.2, 0) is 14.9 Å². The summed E-state index contributed by atoms with van der Waals surface area (Å²) in [5, 5.41) is 2.43. The lowest BCUT2D eigenvalue weighted by molar-refractivity contribution is 0.127. The van der Waals surface area contributed by atoms with E-state index >= 15 is 0 Å². The summed E-state index contributed by atoms with van der Waals surface area (Å²) >= 11 is 0. The van der Waals surface area contributed by atoms with Crippen LogP contribution in [0.1, 0.15) is 59.8 Å². The van der Waals surface area contributed by atoms with Crippen molar-refractivity contribution in [1.82, 2.24) is 5.32 Å². The van der Waals surface area contributed by atoms with Crippen LogP contribution < -0.4 is 5.32 Å². The van der Waals surface area contributed by atoms with Crippen LogP contribution in [0.3, 0.4) is 0 Å². The topological polar surface area (TPSA) is 92.7 Å². The molecule has 0 aromatic rings. The van der Waals surface area contributed by atoms with Gasteiger partial charge in [-0.2, -0.15) is 8.42 Å². The van der Waals surface area contributed by atoms with Crippen molar-refractivity contribution >= 4 is 16.2 Å². The van der Waals surface area contributed by atoms with Gasteiger partial charge in [0.15, 0.2) is 0 Å². The van der Waals surface area contributed by atoms with E-state index < -0.39 is 16.2 Å². The molecular weight excluding hydrogens is 306 g/mol. The Morgan fingerprint density at radius 2 is 1.95 bits per heavy atom. The predicted octanol–water partition coefficient (Wildman–Crippen LogP) is 3.54. The number of hydrogen-bond acceptors (Lipinski definition) is 4. The second-order valence-electron chi connectivity index (χ2n) is 4.95. The van der Waals surface area contributed by atoms with E-state index in [2.05, 4.69) is 12.2 Å². The van der Waals surface area contributed by atoms with Gasteiger partial charge >= 0.3 is 6.09 Å². The van der Waals surface area contributed by atoms with E-state index in [1.54, 1.807) is 6.92 Å². The minimum absolute atomic E-state index is 0. The summed E-state index contributed by atoms with van der Waals surface area (Å²) in [4.78, 5) is 11.4. The molecule has 0 aliphatic heterocycles. The molecular formula is C15H31NO5S. The first kappa shape index (κ1) is 23.2. The number of carbonyl (C=O) groups excluding carboxylic acids is 1. The Morgan fingerprint density at radius 3 is 2.55 bits per heavy atom. The molecule has 22 heavy (non-hydrogen) atoms. The van der Waals surface area contributed by atoms with Crippen molar-refractivity contribution in [3.8, 4) is 0 Å². The molecule has 1 atom stereocenters. The molecule has 132 valence electrons. The Balaban J connectivity index is 0. The molecule has 0 spiro atoms. The highest BCUT2D eigenvalue weighted by Gasteiger charge is 2.07. The first-order valence-electron chi connectivity index (χ1n) is 7.41. The lowest BCUT2D eigenvalue weighted by Crippen LogP contribution is -2.29. The number of alkyl carbamates (subject to hydrolysis) is 1. The second-order valence-corrected chi connectivity index (χ2v) is 6.53. The molecule has 0 aliphatic rings. The van der Waals surface area contributed by atoms with E-state index in [1.807, 2.05) is 12.2 Å². The van der Waals surface area contributed by atoms with Gasteiger partial charge in [0.25, 0.3) is 10.1 Å². The highest BCUT2D eigenvalue weighted by molar-refractivity contribution is 7.85. The van der Waals surface area contributed by atoms with Gasteiger partial charge in [0.2, 0.25) is 0 Å². The Hall–Kier alpha value is -1.08. The number of amides is 1. The monoisotopic (exact) mass is 337 g/mol. The molecule has 0 saturated heterocycles. The van der Waals surface area contributed by atoms with Crippen molar-refractivity contribution in [3.05, 3.63) is 12.2 Å². The fraction of sp³-hybridized carbons (Fsp3) is 0.800. The number of hydrogen-bond donors (Lipinski definition) is 2. The summed E-state index contributed by atoms with van der Waals surface area (Å²) in [5.74, 6) is -0.375. The molecule has 0 saturated carbocycles. The lowest BCUT2D eigenvalue weighted by atomic mass is 10.1. The maximum Gasteiger partial charge on any atom is 0.407 e. The molecule has 0 aromatic carbocycles. The zero-order valence-electron chi connectivity index (χ0n) is 12.9. The number of allylic oxidation sites excluding steroid dienone is 1. The summed E-state index contributed by atoms with van der Waals surface area (Å²) in [6.07, 6.45) is 8.86. The zero-order valence-corrected chi connectivity index (χ0v) is 13.7. The van der Waals surface area contributed by atoms with Gasteiger partial charge in [-0.05, 0) is 32.3 Å². The molecule has 6 nitrogen and oxygen atoms in total. The molecule has 0 fully saturated rings. The summed E-state index contributed by atoms with van der Waals surface area (Å²) in [6.45, 7) is 4.08. The molecule has 0 radical (unpaired) electrons. The summed E-state index contributed by atoms with van der Waals surface area (Å²) in [6, 6.07) is 0. The van der Waals surface area contributed by atoms with Crippen molar-refractivity contribution in [2.24, 2.45) is 0 Å². The Morgan fingerprint density at radius 1 is 1.27 bits per heavy atom. The van der Waals surface area contributed by atoms with Crippen molar-refractivity contribution in [3.63, 3.8) is 0 Å². The van der Waals surface area contributed by atoms with Gasteiger partial charge in [-0.1, -0.05) is 39.7 Å². The maximum atomic E-state index is 11.4. The van der Waals surface area contributed by atoms with Crippen molar-refractivity contribution < 1.29 is 22.5 Å². The largest absolute Gasteiger partial charge is 0.442 e. The Labute approximate surface area is 135 Å². The fourth-order valence-corrected chi connectivity index (χ4v) is 2.18. The van der Waals surface area contributed by atoms with Crippen molar-refractivity contribution in [2.45, 2.75) is 65.9 Å². The Bertz CT molecular complexity index is 406. The van der Waals surface area contributed by atoms with Crippen molar-refractivity contribution in [2.75, 3.05) is 12.3 Å². The highest BCUT2D eigenvalue weighted by atomic mass is 32.2. The van der Waals surface area contributed by atoms with E-state index in [4.69, 9.17) is 9.29 Å². The third-order valence-electron chi connectivity index (χ3n) is 2.77. The van der Waals surface area contributed by atoms with Gasteiger partial charge in [-0.15, -0.1) is 0 Å². The van der Waals surface area contributed by atoms with E-state index in [1.165, 1.54) is 19.3 Å². The van der Waals surface area contributed by atoms with Crippen LogP contribution in [0.4, 0.5) is 4.79 Å². The molecule has 2 N–H and O–H groups in total. The van der Waals surface area contributed by atoms with Gasteiger partial charge in [-0.25, -0.2) is 4.79 Å². The van der Waals surface area contributed by atoms with Crippen LogP contribution in [-0.4, -0.2) is 37.5 Å². The maximum absolute atomic E-state index is 11.4. The minimum Gasteiger partial charge on any atom is -0.442 e. The number of carbonyl (C=O) groups is 1. The standard InChI is InChI=1S/C14H27NO5S.CH4/c1-3-4-5-6-7-8-10-13(2)20-14(16)15-11-9-12-21(17,18)19;/h8,10,13H,3-7,9,11-12H2,1-2H3,(H,15,16)(H,17,18,19);1H4/b10-8+;. The lowest BCUT2D eigenvalue weighted by Gasteiger charge is -2.10. The van der Waals surface area contributed by atoms with E-state index in [9.17, 15) is 13.2 Å². The van der Waals surface area contributed by atoms with Gasteiger partial charge < -0.3 is 10.1 Å². The number of ether oxygens (including phenoxy) is 1. The molecule has 0 aliphatic carbocycles. The number of rotatable bonds is 11. The third kappa shape index (κ3) is 17.0. The first-order valence-corrected chi connectivity index (χ1v) is 9.02. The van der Waals surface area contributed by atoms with Gasteiger partial charge in [0.05, 0.1) is 5.75 Å². The minimum atomic E-state index is -3.97. The van der Waals surface area contributed by atoms with Crippen molar-refractivity contribution in [1.29, 1.82) is 0 Å². The van der Waals surface area contributed by atoms with Gasteiger partial charge in [-0.3, -0.25) is 4.55 Å². The van der Waals surface area contributed by atoms with Crippen LogP contribution in [0.2, 0.25) is 0 Å². The smallest absolute Gasteiger partial charge is 0.407 e. The van der Waals surface area contributed by atoms with Gasteiger partial charge in [0.1, 0.15) is 6.10 Å². The molecule has 1 unspecified atom stereocenters. The fourth-order valence-electron chi connectivity index (χ4n) is 1.67. The van der Waals surface area contributed by atoms with Crippen LogP contribution >= 0.6 is 0 Å². The van der Waals surface area contributed by atoms with Crippen LogP contribution in [0.25, 0.3) is 0 Å². The van der Waals surface area contributed by atoms with Crippen LogP contribution in [0.5, 0.6) is 0 Å². The van der Waals surface area contributed by atoms with E-state index in [0.717, 1.165) is 12.8 Å².